The van der Waals surface area contributed by atoms with Crippen molar-refractivity contribution in [2.24, 2.45) is 5.92 Å². The van der Waals surface area contributed by atoms with E-state index in [1.807, 2.05) is 24.3 Å². The second-order valence-corrected chi connectivity index (χ2v) is 8.63. The topological polar surface area (TPSA) is 134 Å². The zero-order chi connectivity index (χ0) is 22.9. The number of rotatable bonds is 5. The molecule has 0 unspecified atom stereocenters. The molecule has 5 N–H and O–H groups in total. The van der Waals surface area contributed by atoms with Gasteiger partial charge in [0.1, 0.15) is 5.75 Å². The lowest BCUT2D eigenvalue weighted by molar-refractivity contribution is 0.122. The number of aromatic nitrogens is 3. The molecule has 1 saturated heterocycles. The number of benzene rings is 2. The number of aromatic hydroxyl groups is 2. The summed E-state index contributed by atoms with van der Waals surface area (Å²) in [5.74, 6) is 0.377. The first-order valence-electron chi connectivity index (χ1n) is 11.3. The van der Waals surface area contributed by atoms with Crippen molar-refractivity contribution in [1.29, 1.82) is 5.41 Å². The molecule has 2 aromatic carbocycles. The van der Waals surface area contributed by atoms with Crippen LogP contribution in [0.25, 0.3) is 17.1 Å². The Hall–Kier alpha value is -3.59. The minimum atomic E-state index is -0.284. The van der Waals surface area contributed by atoms with Crippen LogP contribution in [0.4, 0.5) is 11.4 Å². The number of phenols is 1. The second-order valence-electron chi connectivity index (χ2n) is 8.63. The van der Waals surface area contributed by atoms with Crippen LogP contribution in [-0.2, 0) is 4.74 Å². The largest absolute Gasteiger partial charge is 0.507 e. The lowest BCUT2D eigenvalue weighted by Crippen LogP contribution is -2.36. The summed E-state index contributed by atoms with van der Waals surface area (Å²) < 4.78 is 6.90. The molecule has 0 atom stereocenters. The number of nitrogens with zero attached hydrogens (tertiary/aromatic N) is 4. The van der Waals surface area contributed by atoms with Gasteiger partial charge in [-0.2, -0.15) is 0 Å². The molecule has 2 fully saturated rings. The molecule has 1 aliphatic carbocycles. The Morgan fingerprint density at radius 1 is 1.00 bits per heavy atom. The molecule has 2 heterocycles. The summed E-state index contributed by atoms with van der Waals surface area (Å²) in [5.41, 5.74) is 9.70. The van der Waals surface area contributed by atoms with Gasteiger partial charge in [-0.3, -0.25) is 0 Å². The molecule has 9 heteroatoms. The molecule has 3 aromatic rings. The molecule has 9 nitrogen and oxygen atoms in total. The Kier molecular flexibility index (Phi) is 5.63. The average molecular weight is 449 g/mol. The molecule has 0 spiro atoms. The van der Waals surface area contributed by atoms with Gasteiger partial charge in [-0.05, 0) is 43.2 Å². The van der Waals surface area contributed by atoms with E-state index in [0.717, 1.165) is 44.5 Å². The van der Waals surface area contributed by atoms with E-state index in [1.54, 1.807) is 6.07 Å². The summed E-state index contributed by atoms with van der Waals surface area (Å²) in [5, 5.41) is 37.8. The van der Waals surface area contributed by atoms with Gasteiger partial charge in [-0.15, -0.1) is 5.10 Å². The molecule has 2 aliphatic rings. The van der Waals surface area contributed by atoms with Gasteiger partial charge in [0, 0.05) is 47.7 Å². The Bertz CT molecular complexity index is 1160. The molecule has 33 heavy (non-hydrogen) atoms. The van der Waals surface area contributed by atoms with E-state index in [-0.39, 0.29) is 23.5 Å². The van der Waals surface area contributed by atoms with Crippen LogP contribution in [0.3, 0.4) is 0 Å². The van der Waals surface area contributed by atoms with Crippen molar-refractivity contribution in [3.63, 3.8) is 0 Å². The highest BCUT2D eigenvalue weighted by Crippen LogP contribution is 2.37. The highest BCUT2D eigenvalue weighted by Gasteiger charge is 2.25. The molecule has 0 bridgehead atoms. The number of morpholine rings is 1. The van der Waals surface area contributed by atoms with E-state index in [2.05, 4.69) is 15.1 Å². The molecule has 1 aliphatic heterocycles. The monoisotopic (exact) mass is 448 g/mol. The highest BCUT2D eigenvalue weighted by atomic mass is 16.5. The lowest BCUT2D eigenvalue weighted by Gasteiger charge is -2.29. The standard InChI is InChI=1S/C24H28N6O3/c25-20-14-21(31)19(13-18(20)22(26)15-3-1-2-4-15)23-27-28-24(32)30(23)17-7-5-16(6-8-17)29-9-11-33-12-10-29/h5-8,13-15,26,31H,1-4,9-12,25H2,(H,28,32). The minimum absolute atomic E-state index is 0.0749. The van der Waals surface area contributed by atoms with E-state index in [1.165, 1.54) is 10.6 Å². The van der Waals surface area contributed by atoms with Crippen molar-refractivity contribution < 1.29 is 14.9 Å². The Morgan fingerprint density at radius 2 is 1.67 bits per heavy atom. The summed E-state index contributed by atoms with van der Waals surface area (Å²) in [6.45, 7) is 3.06. The quantitative estimate of drug-likeness (QED) is 0.347. The maximum absolute atomic E-state index is 10.7. The molecule has 1 aromatic heterocycles. The number of nitrogen functional groups attached to an aromatic ring is 1. The van der Waals surface area contributed by atoms with Gasteiger partial charge in [0.15, 0.2) is 5.82 Å². The Balaban J connectivity index is 1.51. The van der Waals surface area contributed by atoms with E-state index < -0.39 is 0 Å². The van der Waals surface area contributed by atoms with Crippen molar-refractivity contribution in [2.45, 2.75) is 25.7 Å². The number of nitrogens with one attached hydrogen (secondary N) is 1. The third-order valence-electron chi connectivity index (χ3n) is 6.59. The first kappa shape index (κ1) is 21.3. The first-order valence-corrected chi connectivity index (χ1v) is 11.3. The van der Waals surface area contributed by atoms with Crippen molar-refractivity contribution >= 4 is 17.1 Å². The number of nitrogens with two attached hydrogens (primary N) is 1. The number of ether oxygens (including phenoxy) is 1. The fourth-order valence-corrected chi connectivity index (χ4v) is 4.77. The van der Waals surface area contributed by atoms with E-state index in [9.17, 15) is 10.2 Å². The Labute approximate surface area is 191 Å². The smallest absolute Gasteiger partial charge is 0.319 e. The highest BCUT2D eigenvalue weighted by molar-refractivity contribution is 6.05. The fraction of sp³-hybridized carbons (Fsp3) is 0.375. The van der Waals surface area contributed by atoms with E-state index >= 15 is 0 Å². The van der Waals surface area contributed by atoms with E-state index in [4.69, 9.17) is 15.9 Å². The average Bonchev–Trinajstić information content (AvgIpc) is 3.50. The van der Waals surface area contributed by atoms with Crippen LogP contribution >= 0.6 is 0 Å². The third kappa shape index (κ3) is 4.00. The van der Waals surface area contributed by atoms with Gasteiger partial charge >= 0.3 is 6.01 Å². The van der Waals surface area contributed by atoms with Crippen LogP contribution in [0.2, 0.25) is 0 Å². The van der Waals surface area contributed by atoms with Gasteiger partial charge in [0.25, 0.3) is 0 Å². The van der Waals surface area contributed by atoms with Crippen LogP contribution in [-0.4, -0.2) is 57.0 Å². The predicted octanol–water partition coefficient (Wildman–Crippen LogP) is 3.32. The fourth-order valence-electron chi connectivity index (χ4n) is 4.77. The van der Waals surface area contributed by atoms with E-state index in [0.29, 0.717) is 41.4 Å². The zero-order valence-corrected chi connectivity index (χ0v) is 18.4. The first-order chi connectivity index (χ1) is 16.0. The summed E-state index contributed by atoms with van der Waals surface area (Å²) in [6.07, 6.45) is 4.17. The molecular formula is C24H28N6O3. The second kappa shape index (κ2) is 8.74. The predicted molar refractivity (Wildman–Crippen MR) is 126 cm³/mol. The third-order valence-corrected chi connectivity index (χ3v) is 6.59. The van der Waals surface area contributed by atoms with Crippen molar-refractivity contribution in [3.05, 3.63) is 42.0 Å². The summed E-state index contributed by atoms with van der Waals surface area (Å²) >= 11 is 0. The van der Waals surface area contributed by atoms with Crippen molar-refractivity contribution in [3.8, 4) is 28.8 Å². The van der Waals surface area contributed by atoms with Gasteiger partial charge in [0.2, 0.25) is 0 Å². The van der Waals surface area contributed by atoms with Crippen LogP contribution < -0.4 is 10.6 Å². The van der Waals surface area contributed by atoms with Crippen LogP contribution in [0.1, 0.15) is 31.2 Å². The van der Waals surface area contributed by atoms with Gasteiger partial charge in [0.05, 0.1) is 24.5 Å². The summed E-state index contributed by atoms with van der Waals surface area (Å²) in [7, 11) is 0. The van der Waals surface area contributed by atoms with Gasteiger partial charge < -0.3 is 31.0 Å². The molecule has 172 valence electrons. The normalized spacial score (nSPS) is 16.9. The van der Waals surface area contributed by atoms with Gasteiger partial charge in [-0.25, -0.2) is 4.57 Å². The number of hydrogen-bond acceptors (Lipinski definition) is 8. The van der Waals surface area contributed by atoms with Crippen molar-refractivity contribution in [2.75, 3.05) is 36.9 Å². The molecular weight excluding hydrogens is 420 g/mol. The van der Waals surface area contributed by atoms with Crippen LogP contribution in [0.15, 0.2) is 36.4 Å². The maximum atomic E-state index is 10.7. The zero-order valence-electron chi connectivity index (χ0n) is 18.4. The van der Waals surface area contributed by atoms with Crippen LogP contribution in [0, 0.1) is 11.3 Å². The minimum Gasteiger partial charge on any atom is -0.507 e. The molecule has 5 rings (SSSR count). The Morgan fingerprint density at radius 3 is 2.36 bits per heavy atom. The number of phenolic OH excluding ortho intramolecular Hbond substituents is 1. The number of anilines is 2. The van der Waals surface area contributed by atoms with Crippen LogP contribution in [0.5, 0.6) is 11.8 Å². The molecule has 1 saturated carbocycles. The SMILES string of the molecule is N=C(c1cc(-c2nnc(O)n2-c2ccc(N3CCOCC3)cc2)c(O)cc1N)C1CCCC1. The summed E-state index contributed by atoms with van der Waals surface area (Å²) in [4.78, 5) is 2.24. The van der Waals surface area contributed by atoms with Gasteiger partial charge in [-0.1, -0.05) is 17.9 Å². The van der Waals surface area contributed by atoms with Crippen molar-refractivity contribution in [1.82, 2.24) is 14.8 Å². The molecule has 0 amide bonds. The molecule has 0 radical (unpaired) electrons. The maximum Gasteiger partial charge on any atom is 0.319 e. The lowest BCUT2D eigenvalue weighted by atomic mass is 9.92. The number of hydrogen-bond donors (Lipinski definition) is 4. The summed E-state index contributed by atoms with van der Waals surface area (Å²) in [6, 6.07) is 10.6.